The van der Waals surface area contributed by atoms with Gasteiger partial charge in [0.15, 0.2) is 0 Å². The maximum Gasteiger partial charge on any atom is 0.330 e. The van der Waals surface area contributed by atoms with Gasteiger partial charge in [-0.05, 0) is 29.8 Å². The molecule has 0 amide bonds. The molecule has 0 heterocycles. The van der Waals surface area contributed by atoms with Gasteiger partial charge in [0.1, 0.15) is 11.8 Å². The van der Waals surface area contributed by atoms with E-state index in [9.17, 15) is 4.79 Å². The number of carbonyl (C=O) groups is 1. The molecule has 0 aliphatic carbocycles. The van der Waals surface area contributed by atoms with E-state index >= 15 is 0 Å². The molecule has 1 aromatic carbocycles. The number of benzene rings is 1. The van der Waals surface area contributed by atoms with Crippen LogP contribution < -0.4 is 0 Å². The Balaban J connectivity index is 2.71. The summed E-state index contributed by atoms with van der Waals surface area (Å²) in [6, 6.07) is 5.71. The number of carbonyl (C=O) groups excluding carboxylic acids is 1. The van der Waals surface area contributed by atoms with Gasteiger partial charge in [0.25, 0.3) is 0 Å². The number of phenolic OH excluding ortho intramolecular Hbond substituents is 1. The number of aliphatic hydroxyl groups is 1. The van der Waals surface area contributed by atoms with E-state index in [4.69, 9.17) is 10.2 Å². The van der Waals surface area contributed by atoms with E-state index in [1.54, 1.807) is 12.1 Å². The van der Waals surface area contributed by atoms with Crippen LogP contribution in [0.1, 0.15) is 12.0 Å². The van der Waals surface area contributed by atoms with E-state index in [1.807, 2.05) is 0 Å². The molecular formula is C12H15NO4. The largest absolute Gasteiger partial charge is 0.508 e. The van der Waals surface area contributed by atoms with Crippen LogP contribution in [0.5, 0.6) is 5.75 Å². The predicted octanol–water partition coefficient (Wildman–Crippen LogP) is 0.735. The highest BCUT2D eigenvalue weighted by atomic mass is 16.5. The molecular weight excluding hydrogens is 222 g/mol. The minimum absolute atomic E-state index is 0.132. The smallest absolute Gasteiger partial charge is 0.330 e. The van der Waals surface area contributed by atoms with Crippen LogP contribution in [0.2, 0.25) is 0 Å². The van der Waals surface area contributed by atoms with Crippen LogP contribution >= 0.6 is 0 Å². The minimum atomic E-state index is -0.696. The number of rotatable bonds is 5. The molecule has 1 atom stereocenters. The standard InChI is InChI=1S/C12H15NO4/c1-17-12(16)11(6-7-14)13-8-9-2-4-10(15)5-3-9/h2-5,8,11,14-15H,6-7H2,1H3/t11-/m0/s1. The van der Waals surface area contributed by atoms with Gasteiger partial charge in [-0.25, -0.2) is 4.79 Å². The van der Waals surface area contributed by atoms with Crippen LogP contribution in [0.4, 0.5) is 0 Å². The summed E-state index contributed by atoms with van der Waals surface area (Å²) in [4.78, 5) is 15.3. The van der Waals surface area contributed by atoms with Crippen LogP contribution in [0.15, 0.2) is 29.3 Å². The van der Waals surface area contributed by atoms with Crippen molar-refractivity contribution in [3.63, 3.8) is 0 Å². The lowest BCUT2D eigenvalue weighted by molar-refractivity contribution is -0.142. The fourth-order valence-corrected chi connectivity index (χ4v) is 1.25. The summed E-state index contributed by atoms with van der Waals surface area (Å²) in [6.45, 7) is -0.132. The second-order valence-corrected chi connectivity index (χ2v) is 3.42. The van der Waals surface area contributed by atoms with Gasteiger partial charge >= 0.3 is 5.97 Å². The number of nitrogens with zero attached hydrogens (tertiary/aromatic N) is 1. The van der Waals surface area contributed by atoms with Crippen molar-refractivity contribution in [1.82, 2.24) is 0 Å². The van der Waals surface area contributed by atoms with Crippen LogP contribution in [0.3, 0.4) is 0 Å². The lowest BCUT2D eigenvalue weighted by Crippen LogP contribution is -2.21. The SMILES string of the molecule is COC(=O)[C@H](CCO)N=Cc1ccc(O)cc1. The number of aromatic hydroxyl groups is 1. The van der Waals surface area contributed by atoms with Crippen molar-refractivity contribution >= 4 is 12.2 Å². The average molecular weight is 237 g/mol. The lowest BCUT2D eigenvalue weighted by Gasteiger charge is -2.07. The van der Waals surface area contributed by atoms with E-state index in [-0.39, 0.29) is 18.8 Å². The van der Waals surface area contributed by atoms with Crippen LogP contribution in [0.25, 0.3) is 0 Å². The second-order valence-electron chi connectivity index (χ2n) is 3.42. The van der Waals surface area contributed by atoms with Crippen molar-refractivity contribution in [3.8, 4) is 5.75 Å². The molecule has 1 aromatic rings. The van der Waals surface area contributed by atoms with Gasteiger partial charge in [-0.15, -0.1) is 0 Å². The first-order valence-corrected chi connectivity index (χ1v) is 5.18. The monoisotopic (exact) mass is 237 g/mol. The summed E-state index contributed by atoms with van der Waals surface area (Å²) in [5.41, 5.74) is 0.759. The summed E-state index contributed by atoms with van der Waals surface area (Å²) in [7, 11) is 1.28. The summed E-state index contributed by atoms with van der Waals surface area (Å²) in [5.74, 6) is -0.309. The fraction of sp³-hybridized carbons (Fsp3) is 0.333. The molecule has 5 heteroatoms. The van der Waals surface area contributed by atoms with E-state index < -0.39 is 12.0 Å². The summed E-state index contributed by atoms with van der Waals surface area (Å²) in [6.07, 6.45) is 1.73. The summed E-state index contributed by atoms with van der Waals surface area (Å²) >= 11 is 0. The Bertz CT molecular complexity index is 386. The van der Waals surface area contributed by atoms with Crippen molar-refractivity contribution in [1.29, 1.82) is 0 Å². The second kappa shape index (κ2) is 6.65. The van der Waals surface area contributed by atoms with Crippen molar-refractivity contribution in [2.75, 3.05) is 13.7 Å². The van der Waals surface area contributed by atoms with E-state index in [2.05, 4.69) is 9.73 Å². The summed E-state index contributed by atoms with van der Waals surface area (Å²) in [5, 5.41) is 17.9. The van der Waals surface area contributed by atoms with Gasteiger partial charge in [-0.3, -0.25) is 4.99 Å². The van der Waals surface area contributed by atoms with Crippen molar-refractivity contribution in [3.05, 3.63) is 29.8 Å². The molecule has 0 aromatic heterocycles. The van der Waals surface area contributed by atoms with Crippen LogP contribution in [0, 0.1) is 0 Å². The number of esters is 1. The zero-order valence-corrected chi connectivity index (χ0v) is 9.54. The van der Waals surface area contributed by atoms with Crippen LogP contribution in [-0.2, 0) is 9.53 Å². The molecule has 0 bridgehead atoms. The normalized spacial score (nSPS) is 12.6. The quantitative estimate of drug-likeness (QED) is 0.584. The summed E-state index contributed by atoms with van der Waals surface area (Å²) < 4.78 is 4.57. The molecule has 1 rings (SSSR count). The first-order valence-electron chi connectivity index (χ1n) is 5.18. The van der Waals surface area contributed by atoms with Gasteiger partial charge < -0.3 is 14.9 Å². The third-order valence-electron chi connectivity index (χ3n) is 2.17. The third-order valence-corrected chi connectivity index (χ3v) is 2.17. The first-order chi connectivity index (χ1) is 8.17. The van der Waals surface area contributed by atoms with Gasteiger partial charge in [0.05, 0.1) is 7.11 Å². The van der Waals surface area contributed by atoms with Gasteiger partial charge in [0.2, 0.25) is 0 Å². The Morgan fingerprint density at radius 3 is 2.65 bits per heavy atom. The van der Waals surface area contributed by atoms with Crippen LogP contribution in [-0.4, -0.2) is 42.2 Å². The zero-order chi connectivity index (χ0) is 12.7. The topological polar surface area (TPSA) is 79.1 Å². The molecule has 92 valence electrons. The fourth-order valence-electron chi connectivity index (χ4n) is 1.25. The highest BCUT2D eigenvalue weighted by molar-refractivity contribution is 5.84. The van der Waals surface area contributed by atoms with Crippen molar-refractivity contribution < 1.29 is 19.7 Å². The van der Waals surface area contributed by atoms with Gasteiger partial charge in [-0.2, -0.15) is 0 Å². The molecule has 0 fully saturated rings. The molecule has 0 saturated heterocycles. The average Bonchev–Trinajstić information content (AvgIpc) is 2.35. The molecule has 0 aliphatic rings. The molecule has 17 heavy (non-hydrogen) atoms. The maximum atomic E-state index is 11.3. The molecule has 2 N–H and O–H groups in total. The molecule has 0 saturated carbocycles. The predicted molar refractivity (Wildman–Crippen MR) is 63.2 cm³/mol. The Labute approximate surface area is 99.4 Å². The molecule has 5 nitrogen and oxygen atoms in total. The Kier molecular flexibility index (Phi) is 5.16. The van der Waals surface area contributed by atoms with Crippen molar-refractivity contribution in [2.45, 2.75) is 12.5 Å². The Morgan fingerprint density at radius 2 is 2.12 bits per heavy atom. The first kappa shape index (κ1) is 13.2. The Morgan fingerprint density at radius 1 is 1.47 bits per heavy atom. The van der Waals surface area contributed by atoms with Gasteiger partial charge in [-0.1, -0.05) is 0 Å². The minimum Gasteiger partial charge on any atom is -0.508 e. The number of aliphatic hydroxyl groups excluding tert-OH is 1. The molecule has 0 aliphatic heterocycles. The number of hydrogen-bond acceptors (Lipinski definition) is 5. The number of hydrogen-bond donors (Lipinski definition) is 2. The zero-order valence-electron chi connectivity index (χ0n) is 9.54. The Hall–Kier alpha value is -1.88. The number of aliphatic imine (C=N–C) groups is 1. The maximum absolute atomic E-state index is 11.3. The highest BCUT2D eigenvalue weighted by Gasteiger charge is 2.16. The number of phenols is 1. The number of methoxy groups -OCH3 is 1. The molecule has 0 radical (unpaired) electrons. The van der Waals surface area contributed by atoms with Crippen molar-refractivity contribution in [2.24, 2.45) is 4.99 Å². The third kappa shape index (κ3) is 4.24. The molecule has 0 unspecified atom stereocenters. The highest BCUT2D eigenvalue weighted by Crippen LogP contribution is 2.08. The van der Waals surface area contributed by atoms with E-state index in [0.29, 0.717) is 0 Å². The number of ether oxygens (including phenoxy) is 1. The molecule has 0 spiro atoms. The van der Waals surface area contributed by atoms with Gasteiger partial charge in [0, 0.05) is 19.2 Å². The van der Waals surface area contributed by atoms with E-state index in [0.717, 1.165) is 5.56 Å². The van der Waals surface area contributed by atoms with E-state index in [1.165, 1.54) is 25.5 Å². The lowest BCUT2D eigenvalue weighted by atomic mass is 10.2.